The van der Waals surface area contributed by atoms with Gasteiger partial charge in [-0.1, -0.05) is 6.07 Å². The number of hydrogen-bond donors (Lipinski definition) is 1. The van der Waals surface area contributed by atoms with Crippen molar-refractivity contribution in [2.45, 2.75) is 13.0 Å². The summed E-state index contributed by atoms with van der Waals surface area (Å²) in [6, 6.07) is 7.85. The first-order valence-electron chi connectivity index (χ1n) is 7.53. The highest BCUT2D eigenvalue weighted by molar-refractivity contribution is 5.78. The summed E-state index contributed by atoms with van der Waals surface area (Å²) in [5.74, 6) is -1.07. The van der Waals surface area contributed by atoms with E-state index >= 15 is 0 Å². The Kier molecular flexibility index (Phi) is 6.16. The summed E-state index contributed by atoms with van der Waals surface area (Å²) in [4.78, 5) is 12.0. The summed E-state index contributed by atoms with van der Waals surface area (Å²) >= 11 is 0. The first-order valence-corrected chi connectivity index (χ1v) is 7.53. The van der Waals surface area contributed by atoms with Crippen molar-refractivity contribution in [3.8, 4) is 17.2 Å². The molecule has 0 spiro atoms. The Hall–Kier alpha value is -2.83. The molecule has 0 aliphatic rings. The molecule has 0 heterocycles. The van der Waals surface area contributed by atoms with Gasteiger partial charge in [0.1, 0.15) is 5.82 Å². The van der Waals surface area contributed by atoms with Gasteiger partial charge in [0.15, 0.2) is 29.7 Å². The van der Waals surface area contributed by atoms with Gasteiger partial charge in [-0.15, -0.1) is 0 Å². The number of rotatable bonds is 7. The van der Waals surface area contributed by atoms with Crippen molar-refractivity contribution in [3.05, 3.63) is 53.6 Å². The van der Waals surface area contributed by atoms with Gasteiger partial charge < -0.3 is 19.5 Å². The minimum absolute atomic E-state index is 0.185. The first-order chi connectivity index (χ1) is 11.9. The highest BCUT2D eigenvalue weighted by Gasteiger charge is 2.14. The monoisotopic (exact) mass is 351 g/mol. The molecule has 0 saturated carbocycles. The van der Waals surface area contributed by atoms with E-state index in [4.69, 9.17) is 14.2 Å². The van der Waals surface area contributed by atoms with Crippen LogP contribution in [0.3, 0.4) is 0 Å². The van der Waals surface area contributed by atoms with Crippen molar-refractivity contribution < 1.29 is 27.8 Å². The highest BCUT2D eigenvalue weighted by Crippen LogP contribution is 2.29. The summed E-state index contributed by atoms with van der Waals surface area (Å²) in [5.41, 5.74) is 0.805. The van der Waals surface area contributed by atoms with Crippen molar-refractivity contribution in [1.82, 2.24) is 5.32 Å². The molecule has 2 aromatic carbocycles. The molecule has 134 valence electrons. The van der Waals surface area contributed by atoms with Crippen LogP contribution in [0.5, 0.6) is 17.2 Å². The Bertz CT molecular complexity index is 752. The topological polar surface area (TPSA) is 56.8 Å². The number of nitrogens with one attached hydrogen (secondary N) is 1. The van der Waals surface area contributed by atoms with Crippen molar-refractivity contribution >= 4 is 5.91 Å². The third kappa shape index (κ3) is 4.82. The molecule has 1 unspecified atom stereocenters. The van der Waals surface area contributed by atoms with Gasteiger partial charge in [0.25, 0.3) is 5.91 Å². The molecule has 0 aliphatic carbocycles. The lowest BCUT2D eigenvalue weighted by atomic mass is 10.1. The van der Waals surface area contributed by atoms with E-state index in [9.17, 15) is 13.6 Å². The Labute approximate surface area is 144 Å². The maximum absolute atomic E-state index is 13.5. The molecule has 5 nitrogen and oxygen atoms in total. The normalized spacial score (nSPS) is 11.6. The van der Waals surface area contributed by atoms with Crippen molar-refractivity contribution in [1.29, 1.82) is 0 Å². The average molecular weight is 351 g/mol. The van der Waals surface area contributed by atoms with Crippen LogP contribution in [-0.4, -0.2) is 26.7 Å². The van der Waals surface area contributed by atoms with Crippen molar-refractivity contribution in [3.63, 3.8) is 0 Å². The molecule has 0 saturated heterocycles. The fourth-order valence-electron chi connectivity index (χ4n) is 2.22. The van der Waals surface area contributed by atoms with Crippen molar-refractivity contribution in [2.75, 3.05) is 20.8 Å². The van der Waals surface area contributed by atoms with E-state index in [-0.39, 0.29) is 18.4 Å². The van der Waals surface area contributed by atoms with E-state index in [0.717, 1.165) is 17.7 Å². The van der Waals surface area contributed by atoms with Crippen LogP contribution in [0.4, 0.5) is 8.78 Å². The standard InChI is InChI=1S/C18H19F2NO4/c1-11(12-4-6-16(23-2)17(8-12)24-3)21-18(22)10-25-15-7-5-13(19)9-14(15)20/h4-9,11H,10H2,1-3H3,(H,21,22). The summed E-state index contributed by atoms with van der Waals surface area (Å²) in [6.45, 7) is 1.40. The highest BCUT2D eigenvalue weighted by atomic mass is 19.1. The average Bonchev–Trinajstić information content (AvgIpc) is 2.60. The third-order valence-corrected chi connectivity index (χ3v) is 3.54. The second kappa shape index (κ2) is 8.32. The fourth-order valence-corrected chi connectivity index (χ4v) is 2.22. The lowest BCUT2D eigenvalue weighted by Gasteiger charge is -2.17. The van der Waals surface area contributed by atoms with Gasteiger partial charge in [-0.2, -0.15) is 0 Å². The third-order valence-electron chi connectivity index (χ3n) is 3.54. The van der Waals surface area contributed by atoms with Gasteiger partial charge in [0, 0.05) is 6.07 Å². The molecule has 2 aromatic rings. The number of amides is 1. The predicted octanol–water partition coefficient (Wildman–Crippen LogP) is 3.24. The van der Waals surface area contributed by atoms with E-state index < -0.39 is 17.5 Å². The predicted molar refractivity (Wildman–Crippen MR) is 88.0 cm³/mol. The smallest absolute Gasteiger partial charge is 0.258 e. The summed E-state index contributed by atoms with van der Waals surface area (Å²) in [5, 5.41) is 2.73. The molecule has 0 aliphatic heterocycles. The SMILES string of the molecule is COc1ccc(C(C)NC(=O)COc2ccc(F)cc2F)cc1OC. The van der Waals surface area contributed by atoms with Crippen LogP contribution < -0.4 is 19.5 Å². The Morgan fingerprint density at radius 3 is 2.36 bits per heavy atom. The van der Waals surface area contributed by atoms with Crippen LogP contribution >= 0.6 is 0 Å². The summed E-state index contributed by atoms with van der Waals surface area (Å²) < 4.78 is 41.8. The zero-order chi connectivity index (χ0) is 18.4. The molecule has 7 heteroatoms. The van der Waals surface area contributed by atoms with Crippen LogP contribution in [-0.2, 0) is 4.79 Å². The molecule has 2 rings (SSSR count). The fraction of sp³-hybridized carbons (Fsp3) is 0.278. The number of benzene rings is 2. The summed E-state index contributed by atoms with van der Waals surface area (Å²) in [7, 11) is 3.06. The van der Waals surface area contributed by atoms with Gasteiger partial charge in [-0.25, -0.2) is 8.78 Å². The number of methoxy groups -OCH3 is 2. The van der Waals surface area contributed by atoms with E-state index in [0.29, 0.717) is 17.6 Å². The molecule has 0 bridgehead atoms. The Morgan fingerprint density at radius 2 is 1.72 bits per heavy atom. The van der Waals surface area contributed by atoms with Gasteiger partial charge in [-0.3, -0.25) is 4.79 Å². The number of carbonyl (C=O) groups excluding carboxylic acids is 1. The molecule has 0 radical (unpaired) electrons. The lowest BCUT2D eigenvalue weighted by molar-refractivity contribution is -0.123. The number of ether oxygens (including phenoxy) is 3. The molecule has 1 N–H and O–H groups in total. The van der Waals surface area contributed by atoms with Crippen LogP contribution in [0.15, 0.2) is 36.4 Å². The molecule has 1 amide bonds. The second-order valence-electron chi connectivity index (χ2n) is 5.27. The van der Waals surface area contributed by atoms with Crippen LogP contribution in [0, 0.1) is 11.6 Å². The molecular weight excluding hydrogens is 332 g/mol. The van der Waals surface area contributed by atoms with Crippen LogP contribution in [0.25, 0.3) is 0 Å². The second-order valence-corrected chi connectivity index (χ2v) is 5.27. The number of carbonyl (C=O) groups is 1. The zero-order valence-corrected chi connectivity index (χ0v) is 14.1. The van der Waals surface area contributed by atoms with Crippen LogP contribution in [0.2, 0.25) is 0 Å². The quantitative estimate of drug-likeness (QED) is 0.832. The van der Waals surface area contributed by atoms with E-state index in [1.165, 1.54) is 14.2 Å². The number of halogens is 2. The van der Waals surface area contributed by atoms with E-state index in [1.54, 1.807) is 25.1 Å². The van der Waals surface area contributed by atoms with Gasteiger partial charge in [-0.05, 0) is 36.8 Å². The minimum atomic E-state index is -0.860. The van der Waals surface area contributed by atoms with E-state index in [1.807, 2.05) is 0 Å². The number of hydrogen-bond acceptors (Lipinski definition) is 4. The molecule has 25 heavy (non-hydrogen) atoms. The van der Waals surface area contributed by atoms with Crippen molar-refractivity contribution in [2.24, 2.45) is 0 Å². The zero-order valence-electron chi connectivity index (χ0n) is 14.1. The molecule has 0 aromatic heterocycles. The largest absolute Gasteiger partial charge is 0.493 e. The Morgan fingerprint density at radius 1 is 1.04 bits per heavy atom. The first kappa shape index (κ1) is 18.5. The minimum Gasteiger partial charge on any atom is -0.493 e. The van der Waals surface area contributed by atoms with Gasteiger partial charge in [0.05, 0.1) is 20.3 Å². The summed E-state index contributed by atoms with van der Waals surface area (Å²) in [6.07, 6.45) is 0. The van der Waals surface area contributed by atoms with E-state index in [2.05, 4.69) is 5.32 Å². The molecular formula is C18H19F2NO4. The lowest BCUT2D eigenvalue weighted by Crippen LogP contribution is -2.31. The molecule has 0 fully saturated rings. The maximum atomic E-state index is 13.5. The Balaban J connectivity index is 1.95. The van der Waals surface area contributed by atoms with Gasteiger partial charge >= 0.3 is 0 Å². The van der Waals surface area contributed by atoms with Gasteiger partial charge in [0.2, 0.25) is 0 Å². The van der Waals surface area contributed by atoms with Crippen LogP contribution in [0.1, 0.15) is 18.5 Å². The maximum Gasteiger partial charge on any atom is 0.258 e. The molecule has 1 atom stereocenters.